The number of nitrogen functional groups attached to an aromatic ring is 1. The maximum Gasteiger partial charge on any atom is 0.220 e. The molecule has 0 aliphatic carbocycles. The van der Waals surface area contributed by atoms with Crippen LogP contribution in [0.5, 0.6) is 0 Å². The Bertz CT molecular complexity index is 385. The number of carbonyl (C=O) groups excluding carboxylic acids is 1. The van der Waals surface area contributed by atoms with E-state index in [1.807, 2.05) is 31.2 Å². The van der Waals surface area contributed by atoms with Crippen molar-refractivity contribution in [3.8, 4) is 0 Å². The molecule has 0 aromatic heterocycles. The number of hydrogen-bond donors (Lipinski definition) is 3. The van der Waals surface area contributed by atoms with Gasteiger partial charge in [0, 0.05) is 18.7 Å². The summed E-state index contributed by atoms with van der Waals surface area (Å²) in [5.74, 6) is -0.0412. The van der Waals surface area contributed by atoms with Crippen molar-refractivity contribution in [2.75, 3.05) is 12.3 Å². The van der Waals surface area contributed by atoms with Gasteiger partial charge < -0.3 is 16.2 Å². The third-order valence-corrected chi connectivity index (χ3v) is 3.05. The molecule has 1 aromatic carbocycles. The summed E-state index contributed by atoms with van der Waals surface area (Å²) in [6.45, 7) is 3.90. The van der Waals surface area contributed by atoms with Crippen LogP contribution in [-0.4, -0.2) is 23.2 Å². The zero-order chi connectivity index (χ0) is 13.6. The lowest BCUT2D eigenvalue weighted by Crippen LogP contribution is -2.40. The summed E-state index contributed by atoms with van der Waals surface area (Å²) in [6, 6.07) is 7.50. The molecule has 1 atom stereocenters. The first-order valence-corrected chi connectivity index (χ1v) is 6.26. The maximum absolute atomic E-state index is 11.6. The van der Waals surface area contributed by atoms with Gasteiger partial charge in [0.05, 0.1) is 5.60 Å². The molecule has 1 unspecified atom stereocenters. The number of carbonyl (C=O) groups is 1. The van der Waals surface area contributed by atoms with Gasteiger partial charge in [-0.15, -0.1) is 0 Å². The van der Waals surface area contributed by atoms with Crippen LogP contribution in [0.1, 0.15) is 32.3 Å². The molecule has 18 heavy (non-hydrogen) atoms. The highest BCUT2D eigenvalue weighted by molar-refractivity contribution is 5.76. The Morgan fingerprint density at radius 3 is 2.56 bits per heavy atom. The number of aryl methyl sites for hydroxylation is 1. The van der Waals surface area contributed by atoms with Gasteiger partial charge >= 0.3 is 0 Å². The van der Waals surface area contributed by atoms with E-state index in [0.29, 0.717) is 25.8 Å². The van der Waals surface area contributed by atoms with Crippen LogP contribution in [0, 0.1) is 0 Å². The highest BCUT2D eigenvalue weighted by Gasteiger charge is 2.17. The standard InChI is InChI=1S/C14H22N2O2/c1-3-14(2,18)10-16-13(17)9-6-11-4-7-12(15)8-5-11/h4-5,7-8,18H,3,6,9-10,15H2,1-2H3,(H,16,17). The van der Waals surface area contributed by atoms with Gasteiger partial charge in [-0.25, -0.2) is 0 Å². The van der Waals surface area contributed by atoms with Gasteiger partial charge in [-0.1, -0.05) is 19.1 Å². The fourth-order valence-electron chi connectivity index (χ4n) is 1.44. The molecule has 4 nitrogen and oxygen atoms in total. The molecule has 4 heteroatoms. The second-order valence-corrected chi connectivity index (χ2v) is 4.87. The fraction of sp³-hybridized carbons (Fsp3) is 0.500. The molecule has 0 saturated carbocycles. The Balaban J connectivity index is 2.31. The molecule has 100 valence electrons. The number of amides is 1. The first kappa shape index (κ1) is 14.5. The van der Waals surface area contributed by atoms with Crippen molar-refractivity contribution in [3.63, 3.8) is 0 Å². The lowest BCUT2D eigenvalue weighted by Gasteiger charge is -2.21. The zero-order valence-electron chi connectivity index (χ0n) is 11.1. The predicted molar refractivity (Wildman–Crippen MR) is 73.1 cm³/mol. The molecule has 0 bridgehead atoms. The minimum absolute atomic E-state index is 0.0412. The van der Waals surface area contributed by atoms with E-state index in [9.17, 15) is 9.90 Å². The molecular weight excluding hydrogens is 228 g/mol. The normalized spacial score (nSPS) is 13.9. The van der Waals surface area contributed by atoms with Crippen LogP contribution >= 0.6 is 0 Å². The summed E-state index contributed by atoms with van der Waals surface area (Å²) in [7, 11) is 0. The Morgan fingerprint density at radius 1 is 1.39 bits per heavy atom. The topological polar surface area (TPSA) is 75.3 Å². The SMILES string of the molecule is CCC(C)(O)CNC(=O)CCc1ccc(N)cc1. The van der Waals surface area contributed by atoms with Crippen LogP contribution in [0.15, 0.2) is 24.3 Å². The smallest absolute Gasteiger partial charge is 0.220 e. The molecule has 0 fully saturated rings. The van der Waals surface area contributed by atoms with Crippen molar-refractivity contribution in [2.24, 2.45) is 0 Å². The molecule has 4 N–H and O–H groups in total. The molecule has 1 rings (SSSR count). The molecule has 1 aromatic rings. The molecule has 0 aliphatic heterocycles. The second kappa shape index (κ2) is 6.40. The summed E-state index contributed by atoms with van der Waals surface area (Å²) in [6.07, 6.45) is 1.72. The maximum atomic E-state index is 11.6. The highest BCUT2D eigenvalue weighted by Crippen LogP contribution is 2.08. The van der Waals surface area contributed by atoms with Crippen molar-refractivity contribution in [2.45, 2.75) is 38.7 Å². The van der Waals surface area contributed by atoms with Gasteiger partial charge in [0.25, 0.3) is 0 Å². The zero-order valence-corrected chi connectivity index (χ0v) is 11.1. The van der Waals surface area contributed by atoms with Crippen LogP contribution in [0.25, 0.3) is 0 Å². The van der Waals surface area contributed by atoms with E-state index >= 15 is 0 Å². The number of hydrogen-bond acceptors (Lipinski definition) is 3. The lowest BCUT2D eigenvalue weighted by molar-refractivity contribution is -0.122. The summed E-state index contributed by atoms with van der Waals surface area (Å²) >= 11 is 0. The van der Waals surface area contributed by atoms with Crippen molar-refractivity contribution in [1.82, 2.24) is 5.32 Å². The summed E-state index contributed by atoms with van der Waals surface area (Å²) in [5.41, 5.74) is 6.57. The first-order chi connectivity index (χ1) is 8.43. The minimum atomic E-state index is -0.823. The fourth-order valence-corrected chi connectivity index (χ4v) is 1.44. The van der Waals surface area contributed by atoms with E-state index in [0.717, 1.165) is 11.3 Å². The predicted octanol–water partition coefficient (Wildman–Crippen LogP) is 1.48. The average molecular weight is 250 g/mol. The highest BCUT2D eigenvalue weighted by atomic mass is 16.3. The number of anilines is 1. The third kappa shape index (κ3) is 5.19. The third-order valence-electron chi connectivity index (χ3n) is 3.05. The van der Waals surface area contributed by atoms with Gasteiger partial charge in [-0.2, -0.15) is 0 Å². The van der Waals surface area contributed by atoms with Crippen molar-refractivity contribution < 1.29 is 9.90 Å². The monoisotopic (exact) mass is 250 g/mol. The second-order valence-electron chi connectivity index (χ2n) is 4.87. The van der Waals surface area contributed by atoms with Crippen LogP contribution in [0.4, 0.5) is 5.69 Å². The number of aliphatic hydroxyl groups is 1. The van der Waals surface area contributed by atoms with Gasteiger partial charge in [0.15, 0.2) is 0 Å². The van der Waals surface area contributed by atoms with Crippen LogP contribution < -0.4 is 11.1 Å². The number of nitrogens with one attached hydrogen (secondary N) is 1. The van der Waals surface area contributed by atoms with Crippen LogP contribution in [0.3, 0.4) is 0 Å². The van der Waals surface area contributed by atoms with E-state index in [1.165, 1.54) is 0 Å². The number of nitrogens with two attached hydrogens (primary N) is 1. The average Bonchev–Trinajstić information content (AvgIpc) is 2.36. The van der Waals surface area contributed by atoms with E-state index in [4.69, 9.17) is 5.73 Å². The lowest BCUT2D eigenvalue weighted by atomic mass is 10.0. The van der Waals surface area contributed by atoms with Gasteiger partial charge in [0.2, 0.25) is 5.91 Å². The van der Waals surface area contributed by atoms with E-state index in [1.54, 1.807) is 6.92 Å². The van der Waals surface area contributed by atoms with E-state index in [-0.39, 0.29) is 5.91 Å². The summed E-state index contributed by atoms with van der Waals surface area (Å²) < 4.78 is 0. The van der Waals surface area contributed by atoms with Crippen molar-refractivity contribution in [3.05, 3.63) is 29.8 Å². The molecule has 0 spiro atoms. The van der Waals surface area contributed by atoms with Gasteiger partial charge in [-0.3, -0.25) is 4.79 Å². The van der Waals surface area contributed by atoms with Crippen molar-refractivity contribution in [1.29, 1.82) is 0 Å². The number of benzene rings is 1. The molecule has 0 heterocycles. The first-order valence-electron chi connectivity index (χ1n) is 6.26. The van der Waals surface area contributed by atoms with Crippen LogP contribution in [0.2, 0.25) is 0 Å². The molecule has 1 amide bonds. The van der Waals surface area contributed by atoms with Crippen LogP contribution in [-0.2, 0) is 11.2 Å². The Hall–Kier alpha value is -1.55. The number of rotatable bonds is 6. The molecule has 0 radical (unpaired) electrons. The molecule has 0 saturated heterocycles. The van der Waals surface area contributed by atoms with Gasteiger partial charge in [0.1, 0.15) is 0 Å². The Labute approximate surface area is 108 Å². The van der Waals surface area contributed by atoms with Crippen molar-refractivity contribution >= 4 is 11.6 Å². The minimum Gasteiger partial charge on any atom is -0.399 e. The van der Waals surface area contributed by atoms with Gasteiger partial charge in [-0.05, 0) is 37.5 Å². The molecule has 0 aliphatic rings. The summed E-state index contributed by atoms with van der Waals surface area (Å²) in [5, 5.41) is 12.5. The van der Waals surface area contributed by atoms with E-state index < -0.39 is 5.60 Å². The van der Waals surface area contributed by atoms with E-state index in [2.05, 4.69) is 5.32 Å². The Morgan fingerprint density at radius 2 is 2.00 bits per heavy atom. The molecular formula is C14H22N2O2. The quantitative estimate of drug-likeness (QED) is 0.669. The largest absolute Gasteiger partial charge is 0.399 e. The summed E-state index contributed by atoms with van der Waals surface area (Å²) in [4.78, 5) is 11.6. The Kier molecular flexibility index (Phi) is 5.16.